The highest BCUT2D eigenvalue weighted by molar-refractivity contribution is 8.13. The fourth-order valence-corrected chi connectivity index (χ4v) is 2.39. The number of nitrogens with zero attached hydrogens (tertiary/aromatic N) is 1. The highest BCUT2D eigenvalue weighted by Gasteiger charge is 2.25. The van der Waals surface area contributed by atoms with Gasteiger partial charge in [0.2, 0.25) is 5.88 Å². The van der Waals surface area contributed by atoms with Gasteiger partial charge in [-0.2, -0.15) is 4.98 Å². The van der Waals surface area contributed by atoms with Crippen molar-refractivity contribution in [3.63, 3.8) is 0 Å². The minimum Gasteiger partial charge on any atom is -0.481 e. The maximum atomic E-state index is 12.5. The van der Waals surface area contributed by atoms with E-state index in [0.717, 1.165) is 13.2 Å². The van der Waals surface area contributed by atoms with Gasteiger partial charge in [-0.05, 0) is 0 Å². The fraction of sp³-hybridized carbons (Fsp3) is 0.286. The molecule has 0 aromatic carbocycles. The first-order valence-electron chi connectivity index (χ1n) is 3.74. The van der Waals surface area contributed by atoms with Crippen LogP contribution in [0.5, 0.6) is 5.88 Å². The van der Waals surface area contributed by atoms with E-state index in [9.17, 15) is 17.2 Å². The summed E-state index contributed by atoms with van der Waals surface area (Å²) in [6.07, 6.45) is -2.96. The number of alkyl halides is 2. The van der Waals surface area contributed by atoms with Crippen LogP contribution in [0.25, 0.3) is 0 Å². The Morgan fingerprint density at radius 1 is 1.50 bits per heavy atom. The maximum absolute atomic E-state index is 12.5. The number of rotatable bonds is 3. The summed E-state index contributed by atoms with van der Waals surface area (Å²) in [4.78, 5) is 3.40. The smallest absolute Gasteiger partial charge is 0.280 e. The molecule has 0 atom stereocenters. The summed E-state index contributed by atoms with van der Waals surface area (Å²) in [6.45, 7) is 0. The van der Waals surface area contributed by atoms with Crippen molar-refractivity contribution in [1.82, 2.24) is 4.98 Å². The lowest BCUT2D eigenvalue weighted by molar-refractivity contribution is 0.150. The van der Waals surface area contributed by atoms with Crippen molar-refractivity contribution < 1.29 is 21.9 Å². The largest absolute Gasteiger partial charge is 0.481 e. The minimum atomic E-state index is -4.31. The normalized spacial score (nSPS) is 11.9. The highest BCUT2D eigenvalue weighted by atomic mass is 35.7. The van der Waals surface area contributed by atoms with E-state index in [1.54, 1.807) is 0 Å². The Labute approximate surface area is 99.6 Å². The van der Waals surface area contributed by atoms with Gasteiger partial charge in [-0.3, -0.25) is 0 Å². The average Bonchev–Trinajstić information content (AvgIpc) is 2.15. The first-order chi connectivity index (χ1) is 7.27. The summed E-state index contributed by atoms with van der Waals surface area (Å²) < 4.78 is 51.6. The second-order valence-corrected chi connectivity index (χ2v) is 5.47. The Kier molecular flexibility index (Phi) is 3.92. The minimum absolute atomic E-state index is 0.307. The monoisotopic (exact) mass is 291 g/mol. The molecule has 1 heterocycles. The highest BCUT2D eigenvalue weighted by Crippen LogP contribution is 2.34. The van der Waals surface area contributed by atoms with Gasteiger partial charge in [-0.25, -0.2) is 17.2 Å². The summed E-state index contributed by atoms with van der Waals surface area (Å²) in [5.74, 6) is -0.307. The standard InChI is InChI=1S/C7H5Cl2F2NO3S/c1-15-4-2-3(6(10)11)5(8)7(12-4)16(9,13)14/h2,6H,1H3. The molecule has 16 heavy (non-hydrogen) atoms. The fourth-order valence-electron chi connectivity index (χ4n) is 0.926. The maximum Gasteiger partial charge on any atom is 0.280 e. The van der Waals surface area contributed by atoms with Crippen molar-refractivity contribution in [3.8, 4) is 5.88 Å². The molecule has 0 aliphatic rings. The molecule has 0 saturated carbocycles. The number of hydrogen-bond donors (Lipinski definition) is 0. The molecule has 0 unspecified atom stereocenters. The number of ether oxygens (including phenoxy) is 1. The third kappa shape index (κ3) is 2.72. The lowest BCUT2D eigenvalue weighted by atomic mass is 10.3. The van der Waals surface area contributed by atoms with E-state index in [0.29, 0.717) is 0 Å². The van der Waals surface area contributed by atoms with Gasteiger partial charge in [-0.1, -0.05) is 11.6 Å². The van der Waals surface area contributed by atoms with Gasteiger partial charge in [0.15, 0.2) is 5.03 Å². The third-order valence-electron chi connectivity index (χ3n) is 1.61. The summed E-state index contributed by atoms with van der Waals surface area (Å²) in [7, 11) is 1.84. The molecule has 1 rings (SSSR count). The predicted molar refractivity (Wildman–Crippen MR) is 53.8 cm³/mol. The van der Waals surface area contributed by atoms with Crippen LogP contribution in [-0.4, -0.2) is 20.5 Å². The van der Waals surface area contributed by atoms with Gasteiger partial charge < -0.3 is 4.74 Å². The van der Waals surface area contributed by atoms with Crippen LogP contribution in [0.4, 0.5) is 8.78 Å². The Balaban J connectivity index is 3.56. The lowest BCUT2D eigenvalue weighted by Gasteiger charge is -2.08. The van der Waals surface area contributed by atoms with Gasteiger partial charge in [0.1, 0.15) is 0 Å². The second-order valence-electron chi connectivity index (χ2n) is 2.61. The molecular weight excluding hydrogens is 287 g/mol. The molecule has 0 aliphatic carbocycles. The number of aromatic nitrogens is 1. The van der Waals surface area contributed by atoms with Crippen molar-refractivity contribution in [1.29, 1.82) is 0 Å². The van der Waals surface area contributed by atoms with Crippen LogP contribution < -0.4 is 4.74 Å². The van der Waals surface area contributed by atoms with Crippen LogP contribution in [0.2, 0.25) is 5.02 Å². The van der Waals surface area contributed by atoms with Gasteiger partial charge in [0, 0.05) is 22.3 Å². The molecule has 9 heteroatoms. The van der Waals surface area contributed by atoms with Crippen molar-refractivity contribution in [2.45, 2.75) is 11.5 Å². The number of methoxy groups -OCH3 is 1. The van der Waals surface area contributed by atoms with Gasteiger partial charge >= 0.3 is 0 Å². The predicted octanol–water partition coefficient (Wildman–Crippen LogP) is 2.61. The van der Waals surface area contributed by atoms with Crippen LogP contribution in [0.15, 0.2) is 11.1 Å². The topological polar surface area (TPSA) is 56.3 Å². The third-order valence-corrected chi connectivity index (χ3v) is 3.31. The molecule has 0 spiro atoms. The van der Waals surface area contributed by atoms with Crippen LogP contribution in [0, 0.1) is 0 Å². The SMILES string of the molecule is COc1cc(C(F)F)c(Cl)c(S(=O)(=O)Cl)n1. The van der Waals surface area contributed by atoms with Crippen LogP contribution >= 0.6 is 22.3 Å². The first kappa shape index (κ1) is 13.4. The molecular formula is C7H5Cl2F2NO3S. The molecule has 1 aromatic heterocycles. The molecule has 0 radical (unpaired) electrons. The van der Waals surface area contributed by atoms with E-state index < -0.39 is 31.1 Å². The molecule has 4 nitrogen and oxygen atoms in total. The Morgan fingerprint density at radius 3 is 2.44 bits per heavy atom. The van der Waals surface area contributed by atoms with E-state index in [4.69, 9.17) is 22.3 Å². The van der Waals surface area contributed by atoms with E-state index in [-0.39, 0.29) is 5.88 Å². The van der Waals surface area contributed by atoms with Gasteiger partial charge in [0.05, 0.1) is 12.1 Å². The summed E-state index contributed by atoms with van der Waals surface area (Å²) in [5.41, 5.74) is -0.701. The molecule has 90 valence electrons. The second kappa shape index (κ2) is 4.68. The van der Waals surface area contributed by atoms with Crippen molar-refractivity contribution in [3.05, 3.63) is 16.7 Å². The van der Waals surface area contributed by atoms with E-state index in [1.807, 2.05) is 0 Å². The van der Waals surface area contributed by atoms with Crippen LogP contribution in [0.3, 0.4) is 0 Å². The van der Waals surface area contributed by atoms with Crippen molar-refractivity contribution in [2.75, 3.05) is 7.11 Å². The molecule has 0 bridgehead atoms. The summed E-state index contributed by atoms with van der Waals surface area (Å²) in [6, 6.07) is 0.846. The zero-order valence-corrected chi connectivity index (χ0v) is 10.1. The van der Waals surface area contributed by atoms with Crippen molar-refractivity contribution >= 4 is 31.3 Å². The molecule has 0 fully saturated rings. The number of pyridine rings is 1. The Hall–Kier alpha value is -0.660. The molecule has 0 N–H and O–H groups in total. The average molecular weight is 292 g/mol. The number of halogens is 4. The summed E-state index contributed by atoms with van der Waals surface area (Å²) >= 11 is 5.46. The molecule has 1 aromatic rings. The van der Waals surface area contributed by atoms with E-state index >= 15 is 0 Å². The van der Waals surface area contributed by atoms with Gasteiger partial charge in [0.25, 0.3) is 15.5 Å². The van der Waals surface area contributed by atoms with E-state index in [2.05, 4.69) is 9.72 Å². The molecule has 0 saturated heterocycles. The van der Waals surface area contributed by atoms with Gasteiger partial charge in [-0.15, -0.1) is 0 Å². The van der Waals surface area contributed by atoms with Crippen LogP contribution in [0.1, 0.15) is 12.0 Å². The van der Waals surface area contributed by atoms with Crippen LogP contribution in [-0.2, 0) is 9.05 Å². The Morgan fingerprint density at radius 2 is 2.06 bits per heavy atom. The zero-order valence-electron chi connectivity index (χ0n) is 7.75. The zero-order chi connectivity index (χ0) is 12.5. The first-order valence-corrected chi connectivity index (χ1v) is 6.43. The quantitative estimate of drug-likeness (QED) is 0.803. The van der Waals surface area contributed by atoms with E-state index in [1.165, 1.54) is 0 Å². The molecule has 0 aliphatic heterocycles. The summed E-state index contributed by atoms with van der Waals surface area (Å²) in [5, 5.41) is -1.55. The molecule has 0 amide bonds. The lowest BCUT2D eigenvalue weighted by Crippen LogP contribution is -2.02. The number of hydrogen-bond acceptors (Lipinski definition) is 4. The van der Waals surface area contributed by atoms with Crippen molar-refractivity contribution in [2.24, 2.45) is 0 Å². The Bertz CT molecular complexity index is 507.